The van der Waals surface area contributed by atoms with Gasteiger partial charge in [-0.25, -0.2) is 0 Å². The zero-order valence-electron chi connectivity index (χ0n) is 15.7. The molecular weight excluding hydrogens is 406 g/mol. The number of rotatable bonds is 8. The van der Waals surface area contributed by atoms with Crippen molar-refractivity contribution in [3.05, 3.63) is 71.1 Å². The van der Waals surface area contributed by atoms with E-state index in [2.05, 4.69) is 20.5 Å². The van der Waals surface area contributed by atoms with Crippen LogP contribution in [0.3, 0.4) is 0 Å². The van der Waals surface area contributed by atoms with E-state index in [-0.39, 0.29) is 17.7 Å². The SMILES string of the molecule is CC(NC(=O)CSc1nnc(-c2cccnc2)n1Cc1ccco1)c1cccs1. The quantitative estimate of drug-likeness (QED) is 0.429. The average molecular weight is 426 g/mol. The second kappa shape index (κ2) is 9.06. The number of carbonyl (C=O) groups is 1. The topological polar surface area (TPSA) is 85.8 Å². The number of aromatic nitrogens is 4. The van der Waals surface area contributed by atoms with E-state index >= 15 is 0 Å². The molecule has 1 amide bonds. The fourth-order valence-corrected chi connectivity index (χ4v) is 4.31. The molecule has 0 saturated heterocycles. The highest BCUT2D eigenvalue weighted by Crippen LogP contribution is 2.25. The van der Waals surface area contributed by atoms with Gasteiger partial charge in [-0.05, 0) is 42.6 Å². The first-order valence-corrected chi connectivity index (χ1v) is 10.9. The molecule has 4 aromatic heterocycles. The van der Waals surface area contributed by atoms with E-state index in [0.29, 0.717) is 17.5 Å². The maximum atomic E-state index is 12.4. The molecule has 4 rings (SSSR count). The number of furan rings is 1. The minimum Gasteiger partial charge on any atom is -0.467 e. The largest absolute Gasteiger partial charge is 0.467 e. The lowest BCUT2D eigenvalue weighted by molar-refractivity contribution is -0.119. The summed E-state index contributed by atoms with van der Waals surface area (Å²) in [5.74, 6) is 1.67. The second-order valence-electron chi connectivity index (χ2n) is 6.31. The number of thiophene rings is 1. The molecule has 0 bridgehead atoms. The van der Waals surface area contributed by atoms with E-state index in [1.54, 1.807) is 30.0 Å². The Morgan fingerprint density at radius 3 is 2.93 bits per heavy atom. The van der Waals surface area contributed by atoms with Crippen LogP contribution in [0.25, 0.3) is 11.4 Å². The molecule has 4 heterocycles. The summed E-state index contributed by atoms with van der Waals surface area (Å²) in [6, 6.07) is 11.5. The van der Waals surface area contributed by atoms with Crippen LogP contribution in [-0.2, 0) is 11.3 Å². The standard InChI is InChI=1S/C20H19N5O2S2/c1-14(17-7-4-10-28-17)22-18(26)13-29-20-24-23-19(15-5-2-8-21-11-15)25(20)12-16-6-3-9-27-16/h2-11,14H,12-13H2,1H3,(H,22,26). The van der Waals surface area contributed by atoms with Gasteiger partial charge in [0.05, 0.1) is 24.6 Å². The fourth-order valence-electron chi connectivity index (χ4n) is 2.83. The van der Waals surface area contributed by atoms with Crippen molar-refractivity contribution in [2.24, 2.45) is 0 Å². The van der Waals surface area contributed by atoms with Crippen molar-refractivity contribution in [2.75, 3.05) is 5.75 Å². The summed E-state index contributed by atoms with van der Waals surface area (Å²) in [6.45, 7) is 2.45. The maximum Gasteiger partial charge on any atom is 0.230 e. The molecule has 4 aromatic rings. The van der Waals surface area contributed by atoms with Crippen LogP contribution in [0.1, 0.15) is 23.6 Å². The lowest BCUT2D eigenvalue weighted by Gasteiger charge is -2.12. The van der Waals surface area contributed by atoms with Gasteiger partial charge in [0.2, 0.25) is 5.91 Å². The van der Waals surface area contributed by atoms with Gasteiger partial charge < -0.3 is 9.73 Å². The van der Waals surface area contributed by atoms with E-state index in [1.807, 2.05) is 53.3 Å². The number of nitrogens with zero attached hydrogens (tertiary/aromatic N) is 4. The molecular formula is C20H19N5O2S2. The molecule has 0 fully saturated rings. The van der Waals surface area contributed by atoms with Crippen LogP contribution < -0.4 is 5.32 Å². The zero-order chi connectivity index (χ0) is 20.1. The number of hydrogen-bond acceptors (Lipinski definition) is 7. The minimum absolute atomic E-state index is 0.0185. The summed E-state index contributed by atoms with van der Waals surface area (Å²) < 4.78 is 7.43. The van der Waals surface area contributed by atoms with E-state index in [0.717, 1.165) is 16.2 Å². The summed E-state index contributed by atoms with van der Waals surface area (Å²) >= 11 is 2.98. The third kappa shape index (κ3) is 4.75. The van der Waals surface area contributed by atoms with Crippen molar-refractivity contribution in [2.45, 2.75) is 24.7 Å². The molecule has 0 saturated carbocycles. The van der Waals surface area contributed by atoms with Crippen molar-refractivity contribution >= 4 is 29.0 Å². The number of pyridine rings is 1. The van der Waals surface area contributed by atoms with Crippen LogP contribution >= 0.6 is 23.1 Å². The zero-order valence-corrected chi connectivity index (χ0v) is 17.3. The predicted octanol–water partition coefficient (Wildman–Crippen LogP) is 4.01. The van der Waals surface area contributed by atoms with Gasteiger partial charge in [0, 0.05) is 22.8 Å². The fraction of sp³-hybridized carbons (Fsp3) is 0.200. The number of carbonyl (C=O) groups excluding carboxylic acids is 1. The maximum absolute atomic E-state index is 12.4. The Labute approximate surface area is 176 Å². The Balaban J connectivity index is 1.49. The molecule has 0 aromatic carbocycles. The van der Waals surface area contributed by atoms with Gasteiger partial charge >= 0.3 is 0 Å². The molecule has 0 aliphatic carbocycles. The van der Waals surface area contributed by atoms with Gasteiger partial charge in [0.1, 0.15) is 5.76 Å². The van der Waals surface area contributed by atoms with E-state index < -0.39 is 0 Å². The number of nitrogens with one attached hydrogen (secondary N) is 1. The van der Waals surface area contributed by atoms with Gasteiger partial charge in [-0.3, -0.25) is 14.3 Å². The molecule has 0 aliphatic rings. The summed E-state index contributed by atoms with van der Waals surface area (Å²) in [6.07, 6.45) is 5.09. The highest BCUT2D eigenvalue weighted by Gasteiger charge is 2.18. The Bertz CT molecular complexity index is 1050. The van der Waals surface area contributed by atoms with Crippen LogP contribution in [0.5, 0.6) is 0 Å². The lowest BCUT2D eigenvalue weighted by Crippen LogP contribution is -2.27. The van der Waals surface area contributed by atoms with E-state index in [4.69, 9.17) is 4.42 Å². The highest BCUT2D eigenvalue weighted by molar-refractivity contribution is 7.99. The van der Waals surface area contributed by atoms with Gasteiger partial charge in [0.25, 0.3) is 0 Å². The van der Waals surface area contributed by atoms with Crippen LogP contribution in [0.2, 0.25) is 0 Å². The number of thioether (sulfide) groups is 1. The average Bonchev–Trinajstić information content (AvgIpc) is 3.50. The van der Waals surface area contributed by atoms with Crippen molar-refractivity contribution in [1.82, 2.24) is 25.1 Å². The van der Waals surface area contributed by atoms with Crippen molar-refractivity contribution in [3.63, 3.8) is 0 Å². The Hall–Kier alpha value is -2.91. The van der Waals surface area contributed by atoms with Crippen LogP contribution in [0.4, 0.5) is 0 Å². The summed E-state index contributed by atoms with van der Waals surface area (Å²) in [5.41, 5.74) is 0.856. The molecule has 7 nitrogen and oxygen atoms in total. The normalized spacial score (nSPS) is 12.0. The van der Waals surface area contributed by atoms with Crippen LogP contribution in [-0.4, -0.2) is 31.4 Å². The molecule has 29 heavy (non-hydrogen) atoms. The number of hydrogen-bond donors (Lipinski definition) is 1. The first-order valence-electron chi connectivity index (χ1n) is 9.02. The van der Waals surface area contributed by atoms with Gasteiger partial charge in [-0.2, -0.15) is 0 Å². The Morgan fingerprint density at radius 1 is 1.28 bits per heavy atom. The molecule has 0 radical (unpaired) electrons. The van der Waals surface area contributed by atoms with Crippen molar-refractivity contribution in [1.29, 1.82) is 0 Å². The summed E-state index contributed by atoms with van der Waals surface area (Å²) in [5, 5.41) is 14.3. The van der Waals surface area contributed by atoms with E-state index in [9.17, 15) is 4.79 Å². The summed E-state index contributed by atoms with van der Waals surface area (Å²) in [4.78, 5) is 17.7. The van der Waals surface area contributed by atoms with Crippen LogP contribution in [0, 0.1) is 0 Å². The smallest absolute Gasteiger partial charge is 0.230 e. The molecule has 1 atom stereocenters. The molecule has 0 aliphatic heterocycles. The Kier molecular flexibility index (Phi) is 6.06. The first-order chi connectivity index (χ1) is 14.2. The molecule has 1 unspecified atom stereocenters. The third-order valence-electron chi connectivity index (χ3n) is 4.21. The predicted molar refractivity (Wildman–Crippen MR) is 113 cm³/mol. The monoisotopic (exact) mass is 425 g/mol. The highest BCUT2D eigenvalue weighted by atomic mass is 32.2. The third-order valence-corrected chi connectivity index (χ3v) is 6.23. The van der Waals surface area contributed by atoms with E-state index in [1.165, 1.54) is 11.8 Å². The minimum atomic E-state index is -0.0497. The molecule has 0 spiro atoms. The summed E-state index contributed by atoms with van der Waals surface area (Å²) in [7, 11) is 0. The first kappa shape index (κ1) is 19.4. The van der Waals surface area contributed by atoms with Crippen LogP contribution in [0.15, 0.2) is 70.0 Å². The van der Waals surface area contributed by atoms with Crippen molar-refractivity contribution in [3.8, 4) is 11.4 Å². The number of amides is 1. The van der Waals surface area contributed by atoms with Gasteiger partial charge in [-0.15, -0.1) is 21.5 Å². The van der Waals surface area contributed by atoms with Crippen molar-refractivity contribution < 1.29 is 9.21 Å². The Morgan fingerprint density at radius 2 is 2.21 bits per heavy atom. The molecule has 148 valence electrons. The molecule has 1 N–H and O–H groups in total. The van der Waals surface area contributed by atoms with Gasteiger partial charge in [0.15, 0.2) is 11.0 Å². The molecule has 9 heteroatoms. The van der Waals surface area contributed by atoms with Gasteiger partial charge in [-0.1, -0.05) is 17.8 Å². The lowest BCUT2D eigenvalue weighted by atomic mass is 10.2. The second-order valence-corrected chi connectivity index (χ2v) is 8.23.